The van der Waals surface area contributed by atoms with Gasteiger partial charge in [0.05, 0.1) is 0 Å². The summed E-state index contributed by atoms with van der Waals surface area (Å²) in [6.45, 7) is 3.32. The molecule has 0 saturated carbocycles. The predicted molar refractivity (Wildman–Crippen MR) is 72.8 cm³/mol. The summed E-state index contributed by atoms with van der Waals surface area (Å²) in [4.78, 5) is 2.49. The fraction of sp³-hybridized carbons (Fsp3) is 0.571. The molecule has 0 amide bonds. The molecule has 1 nitrogen and oxygen atoms in total. The molecule has 0 aliphatic carbocycles. The van der Waals surface area contributed by atoms with Crippen LogP contribution in [-0.4, -0.2) is 23.3 Å². The van der Waals surface area contributed by atoms with Crippen molar-refractivity contribution >= 4 is 15.9 Å². The van der Waals surface area contributed by atoms with Crippen molar-refractivity contribution in [1.82, 2.24) is 4.90 Å². The van der Waals surface area contributed by atoms with Gasteiger partial charge in [0, 0.05) is 18.4 Å². The summed E-state index contributed by atoms with van der Waals surface area (Å²) in [5, 5.41) is 1.10. The number of nitrogens with zero attached hydrogens (tertiary/aromatic N) is 1. The fourth-order valence-corrected chi connectivity index (χ4v) is 3.18. The average molecular weight is 300 g/mol. The van der Waals surface area contributed by atoms with Crippen LogP contribution in [0, 0.1) is 11.7 Å². The molecular formula is C14H19BrFN. The summed E-state index contributed by atoms with van der Waals surface area (Å²) in [7, 11) is 0. The van der Waals surface area contributed by atoms with E-state index in [4.69, 9.17) is 0 Å². The summed E-state index contributed by atoms with van der Waals surface area (Å²) in [6, 6.07) is 6.89. The molecule has 0 bridgehead atoms. The van der Waals surface area contributed by atoms with Crippen molar-refractivity contribution < 1.29 is 4.39 Å². The Bertz CT molecular complexity index is 337. The lowest BCUT2D eigenvalue weighted by atomic mass is 9.95. The highest BCUT2D eigenvalue weighted by atomic mass is 79.9. The van der Waals surface area contributed by atoms with Crippen molar-refractivity contribution in [2.45, 2.75) is 25.8 Å². The van der Waals surface area contributed by atoms with Gasteiger partial charge in [-0.3, -0.25) is 4.90 Å². The highest BCUT2D eigenvalue weighted by Gasteiger charge is 2.19. The Kier molecular flexibility index (Phi) is 4.99. The van der Waals surface area contributed by atoms with Gasteiger partial charge in [0.15, 0.2) is 0 Å². The fourth-order valence-electron chi connectivity index (χ4n) is 2.53. The molecule has 1 saturated heterocycles. The van der Waals surface area contributed by atoms with E-state index in [2.05, 4.69) is 20.8 Å². The summed E-state index contributed by atoms with van der Waals surface area (Å²) in [5.41, 5.74) is 1.21. The van der Waals surface area contributed by atoms with Crippen molar-refractivity contribution in [3.05, 3.63) is 35.6 Å². The molecule has 1 unspecified atom stereocenters. The van der Waals surface area contributed by atoms with Gasteiger partial charge in [0.2, 0.25) is 0 Å². The standard InChI is InChI=1S/C14H19BrFN/c15-8-7-12-2-1-9-17(10-12)11-13-3-5-14(16)6-4-13/h3-6,12H,1-2,7-11H2. The predicted octanol–water partition coefficient (Wildman–Crippen LogP) is 3.82. The van der Waals surface area contributed by atoms with Crippen LogP contribution in [-0.2, 0) is 6.54 Å². The van der Waals surface area contributed by atoms with Crippen LogP contribution in [0.1, 0.15) is 24.8 Å². The normalized spacial score (nSPS) is 21.6. The van der Waals surface area contributed by atoms with E-state index < -0.39 is 0 Å². The van der Waals surface area contributed by atoms with E-state index in [0.29, 0.717) is 0 Å². The zero-order valence-electron chi connectivity index (χ0n) is 10.0. The molecule has 1 aliphatic rings. The van der Waals surface area contributed by atoms with Crippen LogP contribution in [0.25, 0.3) is 0 Å². The Morgan fingerprint density at radius 1 is 1.29 bits per heavy atom. The number of benzene rings is 1. The summed E-state index contributed by atoms with van der Waals surface area (Å²) < 4.78 is 12.8. The first-order valence-corrected chi connectivity index (χ1v) is 7.43. The third-order valence-corrected chi connectivity index (χ3v) is 3.90. The first-order valence-electron chi connectivity index (χ1n) is 6.30. The van der Waals surface area contributed by atoms with Crippen LogP contribution >= 0.6 is 15.9 Å². The van der Waals surface area contributed by atoms with Crippen LogP contribution in [0.4, 0.5) is 4.39 Å². The van der Waals surface area contributed by atoms with E-state index in [1.807, 2.05) is 12.1 Å². The van der Waals surface area contributed by atoms with E-state index in [-0.39, 0.29) is 5.82 Å². The quantitative estimate of drug-likeness (QED) is 0.764. The molecule has 1 heterocycles. The maximum Gasteiger partial charge on any atom is 0.123 e. The molecule has 1 atom stereocenters. The van der Waals surface area contributed by atoms with Crippen LogP contribution in [0.2, 0.25) is 0 Å². The zero-order valence-corrected chi connectivity index (χ0v) is 11.6. The molecule has 2 rings (SSSR count). The van der Waals surface area contributed by atoms with E-state index in [0.717, 1.165) is 17.8 Å². The third kappa shape index (κ3) is 4.07. The van der Waals surface area contributed by atoms with E-state index in [1.165, 1.54) is 37.9 Å². The van der Waals surface area contributed by atoms with Crippen LogP contribution in [0.15, 0.2) is 24.3 Å². The van der Waals surface area contributed by atoms with Gasteiger partial charge in [-0.2, -0.15) is 0 Å². The Labute approximate surface area is 111 Å². The molecule has 1 aromatic rings. The number of halogens is 2. The lowest BCUT2D eigenvalue weighted by Gasteiger charge is -2.32. The van der Waals surface area contributed by atoms with Gasteiger partial charge < -0.3 is 0 Å². The topological polar surface area (TPSA) is 3.24 Å². The summed E-state index contributed by atoms with van der Waals surface area (Å²) in [6.07, 6.45) is 3.91. The number of likely N-dealkylation sites (tertiary alicyclic amines) is 1. The van der Waals surface area contributed by atoms with Crippen LogP contribution < -0.4 is 0 Å². The number of rotatable bonds is 4. The molecule has 94 valence electrons. The molecule has 0 aromatic heterocycles. The molecule has 1 aliphatic heterocycles. The Morgan fingerprint density at radius 3 is 2.76 bits per heavy atom. The van der Waals surface area contributed by atoms with Crippen molar-refractivity contribution in [2.75, 3.05) is 18.4 Å². The van der Waals surface area contributed by atoms with Gasteiger partial charge in [-0.1, -0.05) is 28.1 Å². The first kappa shape index (κ1) is 13.0. The van der Waals surface area contributed by atoms with Crippen molar-refractivity contribution in [3.63, 3.8) is 0 Å². The minimum atomic E-state index is -0.149. The van der Waals surface area contributed by atoms with Gasteiger partial charge >= 0.3 is 0 Å². The zero-order chi connectivity index (χ0) is 12.1. The number of hydrogen-bond acceptors (Lipinski definition) is 1. The second-order valence-electron chi connectivity index (χ2n) is 4.85. The number of hydrogen-bond donors (Lipinski definition) is 0. The van der Waals surface area contributed by atoms with Gasteiger partial charge in [0.25, 0.3) is 0 Å². The van der Waals surface area contributed by atoms with Gasteiger partial charge in [-0.05, 0) is 49.4 Å². The molecular weight excluding hydrogens is 281 g/mol. The molecule has 3 heteroatoms. The van der Waals surface area contributed by atoms with E-state index in [1.54, 1.807) is 12.1 Å². The summed E-state index contributed by atoms with van der Waals surface area (Å²) >= 11 is 3.52. The lowest BCUT2D eigenvalue weighted by Crippen LogP contribution is -2.35. The van der Waals surface area contributed by atoms with Crippen LogP contribution in [0.3, 0.4) is 0 Å². The van der Waals surface area contributed by atoms with Gasteiger partial charge in [0.1, 0.15) is 5.82 Å². The summed E-state index contributed by atoms with van der Waals surface area (Å²) in [5.74, 6) is 0.674. The van der Waals surface area contributed by atoms with Crippen molar-refractivity contribution in [1.29, 1.82) is 0 Å². The smallest absolute Gasteiger partial charge is 0.123 e. The van der Waals surface area contributed by atoms with Crippen LogP contribution in [0.5, 0.6) is 0 Å². The molecule has 0 N–H and O–H groups in total. The number of alkyl halides is 1. The monoisotopic (exact) mass is 299 g/mol. The number of piperidine rings is 1. The minimum Gasteiger partial charge on any atom is -0.299 e. The maximum absolute atomic E-state index is 12.8. The SMILES string of the molecule is Fc1ccc(CN2CCCC(CCBr)C2)cc1. The molecule has 1 fully saturated rings. The molecule has 0 spiro atoms. The van der Waals surface area contributed by atoms with Crippen molar-refractivity contribution in [2.24, 2.45) is 5.92 Å². The Hall–Kier alpha value is -0.410. The van der Waals surface area contributed by atoms with Gasteiger partial charge in [-0.25, -0.2) is 4.39 Å². The molecule has 1 aromatic carbocycles. The lowest BCUT2D eigenvalue weighted by molar-refractivity contribution is 0.165. The average Bonchev–Trinajstić information content (AvgIpc) is 2.33. The molecule has 0 radical (unpaired) electrons. The van der Waals surface area contributed by atoms with Crippen molar-refractivity contribution in [3.8, 4) is 0 Å². The Morgan fingerprint density at radius 2 is 2.06 bits per heavy atom. The highest BCUT2D eigenvalue weighted by molar-refractivity contribution is 9.09. The minimum absolute atomic E-state index is 0.149. The third-order valence-electron chi connectivity index (χ3n) is 3.44. The van der Waals surface area contributed by atoms with E-state index >= 15 is 0 Å². The first-order chi connectivity index (χ1) is 8.28. The molecule has 17 heavy (non-hydrogen) atoms. The largest absolute Gasteiger partial charge is 0.299 e. The Balaban J connectivity index is 1.87. The van der Waals surface area contributed by atoms with Gasteiger partial charge in [-0.15, -0.1) is 0 Å². The highest BCUT2D eigenvalue weighted by Crippen LogP contribution is 2.21. The second-order valence-corrected chi connectivity index (χ2v) is 5.64. The maximum atomic E-state index is 12.8. The second kappa shape index (κ2) is 6.50. The van der Waals surface area contributed by atoms with E-state index in [9.17, 15) is 4.39 Å².